The Bertz CT molecular complexity index is 793. The lowest BCUT2D eigenvalue weighted by Gasteiger charge is -2.37. The van der Waals surface area contributed by atoms with E-state index >= 15 is 0 Å². The van der Waals surface area contributed by atoms with E-state index in [4.69, 9.17) is 14.3 Å². The van der Waals surface area contributed by atoms with E-state index in [2.05, 4.69) is 5.32 Å². The fourth-order valence-corrected chi connectivity index (χ4v) is 3.17. The highest BCUT2D eigenvalue weighted by Crippen LogP contribution is 2.22. The van der Waals surface area contributed by atoms with Crippen LogP contribution in [0.4, 0.5) is 15.3 Å². The SMILES string of the molecule is CON(C)C(=O)[C@@H]1CN(C(=O)O)C[C@@H](CCc2ccccc2NC(=O)OC(C)(C)C)O1. The van der Waals surface area contributed by atoms with Gasteiger partial charge in [0.05, 0.1) is 26.3 Å². The third-order valence-corrected chi connectivity index (χ3v) is 4.69. The maximum absolute atomic E-state index is 12.4. The van der Waals surface area contributed by atoms with Gasteiger partial charge in [0, 0.05) is 12.7 Å². The molecule has 1 aromatic carbocycles. The van der Waals surface area contributed by atoms with Crippen LogP contribution in [-0.4, -0.2) is 78.2 Å². The molecule has 3 amide bonds. The summed E-state index contributed by atoms with van der Waals surface area (Å²) in [5.74, 6) is -0.453. The second-order valence-electron chi connectivity index (χ2n) is 8.28. The number of amides is 3. The number of carbonyl (C=O) groups excluding carboxylic acids is 2. The highest BCUT2D eigenvalue weighted by atomic mass is 16.7. The van der Waals surface area contributed by atoms with Gasteiger partial charge in [-0.25, -0.2) is 14.7 Å². The molecule has 0 spiro atoms. The summed E-state index contributed by atoms with van der Waals surface area (Å²) in [7, 11) is 2.79. The predicted molar refractivity (Wildman–Crippen MR) is 113 cm³/mol. The minimum Gasteiger partial charge on any atom is -0.465 e. The summed E-state index contributed by atoms with van der Waals surface area (Å²) in [4.78, 5) is 42.1. The Kier molecular flexibility index (Phi) is 8.23. The highest BCUT2D eigenvalue weighted by Gasteiger charge is 2.36. The molecule has 2 N–H and O–H groups in total. The largest absolute Gasteiger partial charge is 0.465 e. The van der Waals surface area contributed by atoms with Crippen molar-refractivity contribution in [2.45, 2.75) is 51.4 Å². The first-order chi connectivity index (χ1) is 14.5. The van der Waals surface area contributed by atoms with E-state index in [9.17, 15) is 19.5 Å². The van der Waals surface area contributed by atoms with Gasteiger partial charge in [0.1, 0.15) is 5.60 Å². The molecule has 1 aliphatic rings. The normalized spacial score (nSPS) is 18.9. The molecule has 2 atom stereocenters. The van der Waals surface area contributed by atoms with Gasteiger partial charge in [0.25, 0.3) is 5.91 Å². The molecule has 0 aromatic heterocycles. The molecule has 0 aliphatic carbocycles. The van der Waals surface area contributed by atoms with E-state index in [1.165, 1.54) is 19.1 Å². The van der Waals surface area contributed by atoms with Crippen molar-refractivity contribution in [2.24, 2.45) is 0 Å². The summed E-state index contributed by atoms with van der Waals surface area (Å²) in [6.45, 7) is 5.44. The minimum atomic E-state index is -1.11. The number of nitrogens with zero attached hydrogens (tertiary/aromatic N) is 2. The van der Waals surface area contributed by atoms with Crippen molar-refractivity contribution in [1.82, 2.24) is 9.96 Å². The lowest BCUT2D eigenvalue weighted by molar-refractivity contribution is -0.190. The number of para-hydroxylation sites is 1. The van der Waals surface area contributed by atoms with Crippen LogP contribution >= 0.6 is 0 Å². The molecule has 1 aromatic rings. The standard InChI is InChI=1S/C21H31N3O7/c1-21(2,3)31-19(26)22-16-9-7-6-8-14(16)10-11-15-12-24(20(27)28)13-17(30-15)18(25)23(4)29-5/h6-9,15,17H,10-13H2,1-5H3,(H,22,26)(H,27,28)/t15-,17+/m1/s1. The summed E-state index contributed by atoms with van der Waals surface area (Å²) in [6.07, 6.45) is -2.14. The second kappa shape index (κ2) is 10.5. The highest BCUT2D eigenvalue weighted by molar-refractivity contribution is 5.86. The molecule has 172 valence electrons. The van der Waals surface area contributed by atoms with Crippen LogP contribution in [-0.2, 0) is 25.5 Å². The van der Waals surface area contributed by atoms with Crippen LogP contribution in [0, 0.1) is 0 Å². The zero-order valence-electron chi connectivity index (χ0n) is 18.6. The van der Waals surface area contributed by atoms with Gasteiger partial charge >= 0.3 is 12.2 Å². The van der Waals surface area contributed by atoms with Crippen molar-refractivity contribution in [2.75, 3.05) is 32.6 Å². The molecule has 0 radical (unpaired) electrons. The fourth-order valence-electron chi connectivity index (χ4n) is 3.17. The van der Waals surface area contributed by atoms with Gasteiger partial charge in [-0.3, -0.25) is 14.9 Å². The van der Waals surface area contributed by atoms with Crippen LogP contribution in [0.15, 0.2) is 24.3 Å². The Hall–Kier alpha value is -2.85. The van der Waals surface area contributed by atoms with Crippen LogP contribution in [0.2, 0.25) is 0 Å². The number of benzene rings is 1. The number of likely N-dealkylation sites (N-methyl/N-ethyl adjacent to an activating group) is 1. The average molecular weight is 437 g/mol. The van der Waals surface area contributed by atoms with Gasteiger partial charge in [0.2, 0.25) is 0 Å². The monoisotopic (exact) mass is 437 g/mol. The first kappa shape index (κ1) is 24.4. The molecule has 0 bridgehead atoms. The van der Waals surface area contributed by atoms with Crippen LogP contribution in [0.3, 0.4) is 0 Å². The lowest BCUT2D eigenvalue weighted by Crippen LogP contribution is -2.54. The Labute approximate surface area is 182 Å². The van der Waals surface area contributed by atoms with Crippen molar-refractivity contribution < 1.29 is 33.8 Å². The van der Waals surface area contributed by atoms with Crippen molar-refractivity contribution in [3.05, 3.63) is 29.8 Å². The predicted octanol–water partition coefficient (Wildman–Crippen LogP) is 2.73. The Balaban J connectivity index is 2.06. The third kappa shape index (κ3) is 7.41. The summed E-state index contributed by atoms with van der Waals surface area (Å²) < 4.78 is 11.2. The summed E-state index contributed by atoms with van der Waals surface area (Å²) >= 11 is 0. The molecule has 2 rings (SSSR count). The van der Waals surface area contributed by atoms with Crippen molar-refractivity contribution in [1.29, 1.82) is 0 Å². The molecule has 1 heterocycles. The molecule has 0 saturated carbocycles. The third-order valence-electron chi connectivity index (χ3n) is 4.69. The molecular weight excluding hydrogens is 406 g/mol. The molecule has 0 unspecified atom stereocenters. The maximum atomic E-state index is 12.4. The molecule has 1 aliphatic heterocycles. The topological polar surface area (TPSA) is 118 Å². The van der Waals surface area contributed by atoms with Crippen LogP contribution in [0.5, 0.6) is 0 Å². The lowest BCUT2D eigenvalue weighted by atomic mass is 10.0. The van der Waals surface area contributed by atoms with Crippen LogP contribution in [0.1, 0.15) is 32.8 Å². The number of hydrogen-bond acceptors (Lipinski definition) is 6. The number of rotatable bonds is 6. The number of ether oxygens (including phenoxy) is 2. The maximum Gasteiger partial charge on any atom is 0.412 e. The number of carboxylic acid groups (broad SMARTS) is 1. The van der Waals surface area contributed by atoms with E-state index in [1.807, 2.05) is 12.1 Å². The molecular formula is C21H31N3O7. The summed E-state index contributed by atoms with van der Waals surface area (Å²) in [5, 5.41) is 13.2. The van der Waals surface area contributed by atoms with Crippen molar-refractivity contribution in [3.63, 3.8) is 0 Å². The number of morpholine rings is 1. The van der Waals surface area contributed by atoms with E-state index in [-0.39, 0.29) is 13.1 Å². The van der Waals surface area contributed by atoms with E-state index in [1.54, 1.807) is 32.9 Å². The Morgan fingerprint density at radius 2 is 1.94 bits per heavy atom. The van der Waals surface area contributed by atoms with Gasteiger partial charge in [-0.15, -0.1) is 0 Å². The van der Waals surface area contributed by atoms with Gasteiger partial charge in [-0.2, -0.15) is 0 Å². The number of anilines is 1. The number of hydroxylamine groups is 2. The first-order valence-corrected chi connectivity index (χ1v) is 10.0. The van der Waals surface area contributed by atoms with E-state index in [0.29, 0.717) is 18.5 Å². The molecule has 10 nitrogen and oxygen atoms in total. The molecule has 1 fully saturated rings. The van der Waals surface area contributed by atoms with Crippen molar-refractivity contribution >= 4 is 23.8 Å². The van der Waals surface area contributed by atoms with Crippen LogP contribution < -0.4 is 5.32 Å². The number of hydrogen-bond donors (Lipinski definition) is 2. The van der Waals surface area contributed by atoms with Gasteiger partial charge in [0.15, 0.2) is 6.10 Å². The second-order valence-corrected chi connectivity index (χ2v) is 8.28. The quantitative estimate of drug-likeness (QED) is 0.657. The molecule has 1 saturated heterocycles. The number of nitrogens with one attached hydrogen (secondary N) is 1. The van der Waals surface area contributed by atoms with Crippen LogP contribution in [0.25, 0.3) is 0 Å². The van der Waals surface area contributed by atoms with Crippen molar-refractivity contribution in [3.8, 4) is 0 Å². The summed E-state index contributed by atoms with van der Waals surface area (Å²) in [5.41, 5.74) is 0.835. The summed E-state index contributed by atoms with van der Waals surface area (Å²) in [6, 6.07) is 7.28. The number of carbonyl (C=O) groups is 3. The van der Waals surface area contributed by atoms with E-state index < -0.39 is 35.9 Å². The molecule has 31 heavy (non-hydrogen) atoms. The fraction of sp³-hybridized carbons (Fsp3) is 0.571. The Morgan fingerprint density at radius 3 is 2.55 bits per heavy atom. The molecule has 10 heteroatoms. The average Bonchev–Trinajstić information content (AvgIpc) is 2.70. The van der Waals surface area contributed by atoms with Gasteiger partial charge in [-0.05, 0) is 45.2 Å². The Morgan fingerprint density at radius 1 is 1.26 bits per heavy atom. The van der Waals surface area contributed by atoms with E-state index in [0.717, 1.165) is 10.6 Å². The number of aryl methyl sites for hydroxylation is 1. The first-order valence-electron chi connectivity index (χ1n) is 10.0. The minimum absolute atomic E-state index is 0.0604. The van der Waals surface area contributed by atoms with Gasteiger partial charge in [-0.1, -0.05) is 18.2 Å². The smallest absolute Gasteiger partial charge is 0.412 e. The van der Waals surface area contributed by atoms with Gasteiger partial charge < -0.3 is 19.5 Å². The zero-order chi connectivity index (χ0) is 23.2. The zero-order valence-corrected chi connectivity index (χ0v) is 18.6.